The molecule has 4 aromatic rings. The van der Waals surface area contributed by atoms with E-state index < -0.39 is 21.9 Å². The summed E-state index contributed by atoms with van der Waals surface area (Å²) in [5, 5.41) is 0. The van der Waals surface area contributed by atoms with Gasteiger partial charge in [-0.2, -0.15) is 9.30 Å². The van der Waals surface area contributed by atoms with Crippen molar-refractivity contribution in [2.45, 2.75) is 38.8 Å². The van der Waals surface area contributed by atoms with Crippen molar-refractivity contribution in [3.63, 3.8) is 0 Å². The highest BCUT2D eigenvalue weighted by molar-refractivity contribution is 7.89. The van der Waals surface area contributed by atoms with Crippen molar-refractivity contribution >= 4 is 43.5 Å². The standard InChI is InChI=1S/C29H31N3O6S2/c1-4-31(19-21-11-8-7-9-12-21)40(35,36)23-17-15-22(16-18-23)28(34)30-29-32(20-26(33)38-6-3)27-24(37-5-2)13-10-14-25(27)39-29/h7-18H,4-6,19-20H2,1-3H3. The molecular formula is C29H31N3O6S2. The number of carbonyl (C=O) groups is 2. The first-order valence-electron chi connectivity index (χ1n) is 12.9. The molecule has 3 aromatic carbocycles. The Balaban J connectivity index is 1.66. The molecule has 0 saturated heterocycles. The van der Waals surface area contributed by atoms with Crippen molar-refractivity contribution in [1.29, 1.82) is 0 Å². The Labute approximate surface area is 237 Å². The monoisotopic (exact) mass is 581 g/mol. The van der Waals surface area contributed by atoms with Crippen LogP contribution in [0.2, 0.25) is 0 Å². The minimum Gasteiger partial charge on any atom is -0.492 e. The number of esters is 1. The van der Waals surface area contributed by atoms with Gasteiger partial charge in [-0.05, 0) is 55.8 Å². The largest absolute Gasteiger partial charge is 0.492 e. The van der Waals surface area contributed by atoms with Gasteiger partial charge in [0.1, 0.15) is 17.8 Å². The summed E-state index contributed by atoms with van der Waals surface area (Å²) in [5.74, 6) is -0.462. The summed E-state index contributed by atoms with van der Waals surface area (Å²) in [6, 6.07) is 20.6. The van der Waals surface area contributed by atoms with Gasteiger partial charge in [0.15, 0.2) is 4.80 Å². The van der Waals surface area contributed by atoms with Crippen molar-refractivity contribution in [3.05, 3.63) is 88.7 Å². The van der Waals surface area contributed by atoms with E-state index in [1.165, 1.54) is 39.9 Å². The average Bonchev–Trinajstić information content (AvgIpc) is 3.29. The topological polar surface area (TPSA) is 107 Å². The lowest BCUT2D eigenvalue weighted by molar-refractivity contribution is -0.143. The van der Waals surface area contributed by atoms with Gasteiger partial charge in [-0.1, -0.05) is 54.7 Å². The first-order valence-corrected chi connectivity index (χ1v) is 15.2. The number of para-hydroxylation sites is 1. The van der Waals surface area contributed by atoms with Crippen LogP contribution in [0.1, 0.15) is 36.7 Å². The zero-order chi connectivity index (χ0) is 28.7. The van der Waals surface area contributed by atoms with Gasteiger partial charge < -0.3 is 14.0 Å². The van der Waals surface area contributed by atoms with E-state index in [4.69, 9.17) is 9.47 Å². The molecule has 0 atom stereocenters. The molecule has 0 spiro atoms. The summed E-state index contributed by atoms with van der Waals surface area (Å²) in [7, 11) is -3.78. The summed E-state index contributed by atoms with van der Waals surface area (Å²) in [4.78, 5) is 30.3. The van der Waals surface area contributed by atoms with E-state index in [9.17, 15) is 18.0 Å². The van der Waals surface area contributed by atoms with Crippen LogP contribution in [-0.4, -0.2) is 48.9 Å². The van der Waals surface area contributed by atoms with Crippen LogP contribution in [0.5, 0.6) is 5.75 Å². The number of thiazole rings is 1. The summed E-state index contributed by atoms with van der Waals surface area (Å²) in [5.41, 5.74) is 1.74. The second-order valence-corrected chi connectivity index (χ2v) is 11.6. The van der Waals surface area contributed by atoms with Crippen LogP contribution in [0.3, 0.4) is 0 Å². The number of fused-ring (bicyclic) bond motifs is 1. The molecule has 4 rings (SSSR count). The van der Waals surface area contributed by atoms with Crippen molar-refractivity contribution < 1.29 is 27.5 Å². The van der Waals surface area contributed by atoms with E-state index in [2.05, 4.69) is 4.99 Å². The van der Waals surface area contributed by atoms with Gasteiger partial charge >= 0.3 is 5.97 Å². The summed E-state index contributed by atoms with van der Waals surface area (Å²) in [6.07, 6.45) is 0. The Morgan fingerprint density at radius 3 is 2.30 bits per heavy atom. The molecule has 0 unspecified atom stereocenters. The Morgan fingerprint density at radius 1 is 0.925 bits per heavy atom. The number of carbonyl (C=O) groups excluding carboxylic acids is 2. The molecule has 9 nitrogen and oxygen atoms in total. The molecule has 1 amide bonds. The van der Waals surface area contributed by atoms with E-state index in [1.54, 1.807) is 24.5 Å². The lowest BCUT2D eigenvalue weighted by Gasteiger charge is -2.20. The summed E-state index contributed by atoms with van der Waals surface area (Å²) >= 11 is 1.25. The number of aromatic nitrogens is 1. The first kappa shape index (κ1) is 29.2. The molecule has 0 saturated carbocycles. The number of amides is 1. The Hall–Kier alpha value is -3.80. The molecule has 210 valence electrons. The molecule has 0 aliphatic rings. The van der Waals surface area contributed by atoms with Crippen molar-refractivity contribution in [1.82, 2.24) is 8.87 Å². The molecule has 11 heteroatoms. The van der Waals surface area contributed by atoms with Gasteiger partial charge in [0.2, 0.25) is 10.0 Å². The van der Waals surface area contributed by atoms with E-state index >= 15 is 0 Å². The maximum atomic E-state index is 13.3. The molecule has 0 bridgehead atoms. The van der Waals surface area contributed by atoms with Crippen LogP contribution in [-0.2, 0) is 32.6 Å². The van der Waals surface area contributed by atoms with E-state index in [1.807, 2.05) is 49.4 Å². The Morgan fingerprint density at radius 2 is 1.65 bits per heavy atom. The van der Waals surface area contributed by atoms with E-state index in [0.717, 1.165) is 10.3 Å². The normalized spacial score (nSPS) is 12.2. The number of hydrogen-bond acceptors (Lipinski definition) is 7. The maximum Gasteiger partial charge on any atom is 0.326 e. The SMILES string of the molecule is CCOC(=O)Cn1c(=NC(=O)c2ccc(S(=O)(=O)N(CC)Cc3ccccc3)cc2)sc2cccc(OCC)c21. The highest BCUT2D eigenvalue weighted by Gasteiger charge is 2.24. The third-order valence-electron chi connectivity index (χ3n) is 6.05. The molecule has 1 heterocycles. The number of rotatable bonds is 11. The van der Waals surface area contributed by atoms with Crippen molar-refractivity contribution in [2.24, 2.45) is 4.99 Å². The van der Waals surface area contributed by atoms with Gasteiger partial charge in [0.25, 0.3) is 5.91 Å². The molecule has 0 radical (unpaired) electrons. The number of sulfonamides is 1. The van der Waals surface area contributed by atoms with Gasteiger partial charge in [-0.15, -0.1) is 0 Å². The number of ether oxygens (including phenoxy) is 2. The summed E-state index contributed by atoms with van der Waals surface area (Å²) in [6.45, 7) is 6.41. The lowest BCUT2D eigenvalue weighted by Crippen LogP contribution is -2.30. The smallest absolute Gasteiger partial charge is 0.326 e. The third kappa shape index (κ3) is 6.49. The zero-order valence-corrected chi connectivity index (χ0v) is 24.2. The molecule has 0 aliphatic carbocycles. The lowest BCUT2D eigenvalue weighted by atomic mass is 10.2. The second kappa shape index (κ2) is 13.0. The van der Waals surface area contributed by atoms with E-state index in [0.29, 0.717) is 29.2 Å². The van der Waals surface area contributed by atoms with E-state index in [-0.39, 0.29) is 30.2 Å². The van der Waals surface area contributed by atoms with Crippen LogP contribution >= 0.6 is 11.3 Å². The van der Waals surface area contributed by atoms with Crippen LogP contribution in [0.4, 0.5) is 0 Å². The Bertz CT molecular complexity index is 1660. The number of nitrogens with zero attached hydrogens (tertiary/aromatic N) is 3. The minimum absolute atomic E-state index is 0.0856. The predicted octanol–water partition coefficient (Wildman–Crippen LogP) is 4.62. The quantitative estimate of drug-likeness (QED) is 0.239. The molecule has 0 fully saturated rings. The van der Waals surface area contributed by atoms with Gasteiger partial charge in [0, 0.05) is 18.7 Å². The summed E-state index contributed by atoms with van der Waals surface area (Å²) < 4.78 is 41.3. The number of hydrogen-bond donors (Lipinski definition) is 0. The fraction of sp³-hybridized carbons (Fsp3) is 0.276. The van der Waals surface area contributed by atoms with Crippen molar-refractivity contribution in [2.75, 3.05) is 19.8 Å². The molecule has 0 aliphatic heterocycles. The highest BCUT2D eigenvalue weighted by atomic mass is 32.2. The maximum absolute atomic E-state index is 13.3. The zero-order valence-electron chi connectivity index (χ0n) is 22.6. The minimum atomic E-state index is -3.78. The fourth-order valence-electron chi connectivity index (χ4n) is 4.16. The molecule has 0 N–H and O–H groups in total. The van der Waals surface area contributed by atoms with Crippen molar-refractivity contribution in [3.8, 4) is 5.75 Å². The van der Waals surface area contributed by atoms with Gasteiger partial charge in [-0.3, -0.25) is 9.59 Å². The van der Waals surface area contributed by atoms with Crippen LogP contribution in [0.25, 0.3) is 10.2 Å². The van der Waals surface area contributed by atoms with Crippen LogP contribution in [0, 0.1) is 0 Å². The molecule has 1 aromatic heterocycles. The fourth-order valence-corrected chi connectivity index (χ4v) is 6.64. The number of benzene rings is 3. The predicted molar refractivity (Wildman–Crippen MR) is 154 cm³/mol. The van der Waals surface area contributed by atoms with Gasteiger partial charge in [0.05, 0.1) is 22.8 Å². The Kier molecular flexibility index (Phi) is 9.51. The third-order valence-corrected chi connectivity index (χ3v) is 9.03. The second-order valence-electron chi connectivity index (χ2n) is 8.67. The van der Waals surface area contributed by atoms with Crippen LogP contribution < -0.4 is 9.54 Å². The molecular weight excluding hydrogens is 550 g/mol. The van der Waals surface area contributed by atoms with Crippen LogP contribution in [0.15, 0.2) is 82.7 Å². The molecule has 40 heavy (non-hydrogen) atoms. The van der Waals surface area contributed by atoms with Gasteiger partial charge in [-0.25, -0.2) is 8.42 Å². The first-order chi connectivity index (χ1) is 19.3. The highest BCUT2D eigenvalue weighted by Crippen LogP contribution is 2.28. The average molecular weight is 582 g/mol.